The number of rotatable bonds is 2. The van der Waals surface area contributed by atoms with Crippen molar-refractivity contribution in [2.24, 2.45) is 12.8 Å². The minimum atomic E-state index is 0.123. The van der Waals surface area contributed by atoms with Crippen molar-refractivity contribution >= 4 is 0 Å². The zero-order chi connectivity index (χ0) is 9.26. The van der Waals surface area contributed by atoms with E-state index in [1.807, 2.05) is 11.6 Å². The third kappa shape index (κ3) is 1.45. The topological polar surface area (TPSA) is 66.0 Å². The molecule has 1 fully saturated rings. The Kier molecular flexibility index (Phi) is 2.28. The summed E-state index contributed by atoms with van der Waals surface area (Å²) in [5.41, 5.74) is 5.50. The molecule has 1 atom stereocenters. The summed E-state index contributed by atoms with van der Waals surface area (Å²) in [4.78, 5) is 0. The maximum atomic E-state index is 5.51. The molecule has 1 saturated heterocycles. The summed E-state index contributed by atoms with van der Waals surface area (Å²) in [5.74, 6) is 1.71. The first-order valence-corrected chi connectivity index (χ1v) is 4.52. The lowest BCUT2D eigenvalue weighted by Crippen LogP contribution is -2.09. The van der Waals surface area contributed by atoms with E-state index in [0.29, 0.717) is 6.54 Å². The zero-order valence-electron chi connectivity index (χ0n) is 7.73. The van der Waals surface area contributed by atoms with Gasteiger partial charge >= 0.3 is 0 Å². The SMILES string of the molecule is Cn1c(CN)nnc1C1CCCO1. The third-order valence-corrected chi connectivity index (χ3v) is 2.40. The number of ether oxygens (including phenoxy) is 1. The van der Waals surface area contributed by atoms with Crippen molar-refractivity contribution in [1.29, 1.82) is 0 Å². The highest BCUT2D eigenvalue weighted by atomic mass is 16.5. The van der Waals surface area contributed by atoms with Crippen molar-refractivity contribution in [2.45, 2.75) is 25.5 Å². The molecular formula is C8H14N4O. The Hall–Kier alpha value is -0.940. The summed E-state index contributed by atoms with van der Waals surface area (Å²) < 4.78 is 7.44. The van der Waals surface area contributed by atoms with Gasteiger partial charge in [0.15, 0.2) is 5.82 Å². The minimum Gasteiger partial charge on any atom is -0.370 e. The number of hydrogen-bond acceptors (Lipinski definition) is 4. The quantitative estimate of drug-likeness (QED) is 0.705. The van der Waals surface area contributed by atoms with Gasteiger partial charge in [0, 0.05) is 13.7 Å². The third-order valence-electron chi connectivity index (χ3n) is 2.40. The van der Waals surface area contributed by atoms with Gasteiger partial charge in [0.2, 0.25) is 0 Å². The fourth-order valence-corrected chi connectivity index (χ4v) is 1.61. The highest BCUT2D eigenvalue weighted by molar-refractivity contribution is 4.99. The normalized spacial score (nSPS) is 22.5. The van der Waals surface area contributed by atoms with E-state index in [1.54, 1.807) is 0 Å². The van der Waals surface area contributed by atoms with Crippen LogP contribution < -0.4 is 5.73 Å². The number of aromatic nitrogens is 3. The highest BCUT2D eigenvalue weighted by Crippen LogP contribution is 2.26. The summed E-state index contributed by atoms with van der Waals surface area (Å²) >= 11 is 0. The van der Waals surface area contributed by atoms with Gasteiger partial charge in [-0.2, -0.15) is 0 Å². The number of hydrogen-bond donors (Lipinski definition) is 1. The monoisotopic (exact) mass is 182 g/mol. The summed E-state index contributed by atoms with van der Waals surface area (Å²) in [6.07, 6.45) is 2.27. The predicted molar refractivity (Wildman–Crippen MR) is 46.8 cm³/mol. The summed E-state index contributed by atoms with van der Waals surface area (Å²) in [5, 5.41) is 8.06. The Balaban J connectivity index is 2.24. The Labute approximate surface area is 76.9 Å². The fourth-order valence-electron chi connectivity index (χ4n) is 1.61. The van der Waals surface area contributed by atoms with Gasteiger partial charge in [0.1, 0.15) is 11.9 Å². The lowest BCUT2D eigenvalue weighted by Gasteiger charge is -2.08. The first-order chi connectivity index (χ1) is 6.33. The molecule has 1 aromatic rings. The van der Waals surface area contributed by atoms with E-state index in [-0.39, 0.29) is 6.10 Å². The van der Waals surface area contributed by atoms with Crippen molar-refractivity contribution in [3.63, 3.8) is 0 Å². The van der Waals surface area contributed by atoms with Crippen LogP contribution >= 0.6 is 0 Å². The molecule has 5 heteroatoms. The van der Waals surface area contributed by atoms with E-state index in [2.05, 4.69) is 10.2 Å². The first-order valence-electron chi connectivity index (χ1n) is 4.52. The predicted octanol–water partition coefficient (Wildman–Crippen LogP) is 0.125. The Morgan fingerprint density at radius 1 is 1.62 bits per heavy atom. The van der Waals surface area contributed by atoms with Crippen molar-refractivity contribution in [2.75, 3.05) is 6.61 Å². The Bertz CT molecular complexity index is 290. The van der Waals surface area contributed by atoms with Gasteiger partial charge in [-0.15, -0.1) is 10.2 Å². The van der Waals surface area contributed by atoms with Crippen LogP contribution in [0, 0.1) is 0 Å². The lowest BCUT2D eigenvalue weighted by molar-refractivity contribution is 0.102. The van der Waals surface area contributed by atoms with Crippen LogP contribution in [0.25, 0.3) is 0 Å². The van der Waals surface area contributed by atoms with Crippen LogP contribution in [0.15, 0.2) is 0 Å². The van der Waals surface area contributed by atoms with E-state index in [1.165, 1.54) is 0 Å². The van der Waals surface area contributed by atoms with Crippen molar-refractivity contribution in [3.8, 4) is 0 Å². The minimum absolute atomic E-state index is 0.123. The molecule has 0 bridgehead atoms. The van der Waals surface area contributed by atoms with Gasteiger partial charge in [0.25, 0.3) is 0 Å². The second kappa shape index (κ2) is 3.43. The smallest absolute Gasteiger partial charge is 0.162 e. The largest absolute Gasteiger partial charge is 0.370 e. The second-order valence-corrected chi connectivity index (χ2v) is 3.24. The van der Waals surface area contributed by atoms with Gasteiger partial charge < -0.3 is 15.0 Å². The average Bonchev–Trinajstić information content (AvgIpc) is 2.72. The van der Waals surface area contributed by atoms with E-state index in [0.717, 1.165) is 31.1 Å². The van der Waals surface area contributed by atoms with Crippen LogP contribution in [0.5, 0.6) is 0 Å². The van der Waals surface area contributed by atoms with Crippen molar-refractivity contribution < 1.29 is 4.74 Å². The van der Waals surface area contributed by atoms with E-state index in [4.69, 9.17) is 10.5 Å². The number of nitrogens with zero attached hydrogens (tertiary/aromatic N) is 3. The molecule has 0 aliphatic carbocycles. The van der Waals surface area contributed by atoms with E-state index >= 15 is 0 Å². The molecule has 0 amide bonds. The Morgan fingerprint density at radius 2 is 2.46 bits per heavy atom. The van der Waals surface area contributed by atoms with Crippen LogP contribution in [0.3, 0.4) is 0 Å². The molecule has 2 rings (SSSR count). The molecule has 13 heavy (non-hydrogen) atoms. The van der Waals surface area contributed by atoms with Crippen LogP contribution in [0.2, 0.25) is 0 Å². The van der Waals surface area contributed by atoms with Crippen molar-refractivity contribution in [1.82, 2.24) is 14.8 Å². The maximum Gasteiger partial charge on any atom is 0.162 e. The molecule has 1 aromatic heterocycles. The fraction of sp³-hybridized carbons (Fsp3) is 0.750. The molecular weight excluding hydrogens is 168 g/mol. The van der Waals surface area contributed by atoms with Crippen LogP contribution in [0.1, 0.15) is 30.6 Å². The molecule has 0 aromatic carbocycles. The standard InChI is InChI=1S/C8H14N4O/c1-12-7(5-9)10-11-8(12)6-3-2-4-13-6/h6H,2-5,9H2,1H3. The molecule has 2 N–H and O–H groups in total. The molecule has 1 aliphatic rings. The Morgan fingerprint density at radius 3 is 3.00 bits per heavy atom. The first kappa shape index (κ1) is 8.65. The lowest BCUT2D eigenvalue weighted by atomic mass is 10.2. The summed E-state index contributed by atoms with van der Waals surface area (Å²) in [6, 6.07) is 0. The van der Waals surface area contributed by atoms with Gasteiger partial charge in [0.05, 0.1) is 6.54 Å². The molecule has 5 nitrogen and oxygen atoms in total. The van der Waals surface area contributed by atoms with Gasteiger partial charge in [-0.25, -0.2) is 0 Å². The molecule has 72 valence electrons. The number of nitrogens with two attached hydrogens (primary N) is 1. The zero-order valence-corrected chi connectivity index (χ0v) is 7.73. The van der Waals surface area contributed by atoms with Crippen molar-refractivity contribution in [3.05, 3.63) is 11.6 Å². The molecule has 0 saturated carbocycles. The maximum absolute atomic E-state index is 5.51. The van der Waals surface area contributed by atoms with Gasteiger partial charge in [-0.3, -0.25) is 0 Å². The van der Waals surface area contributed by atoms with Gasteiger partial charge in [-0.05, 0) is 12.8 Å². The van der Waals surface area contributed by atoms with E-state index < -0.39 is 0 Å². The van der Waals surface area contributed by atoms with Gasteiger partial charge in [-0.1, -0.05) is 0 Å². The van der Waals surface area contributed by atoms with Crippen LogP contribution in [-0.2, 0) is 18.3 Å². The average molecular weight is 182 g/mol. The summed E-state index contributed by atoms with van der Waals surface area (Å²) in [7, 11) is 1.93. The molecule has 0 radical (unpaired) electrons. The molecule has 0 spiro atoms. The summed E-state index contributed by atoms with van der Waals surface area (Å²) in [6.45, 7) is 1.26. The molecule has 2 heterocycles. The molecule has 1 aliphatic heterocycles. The second-order valence-electron chi connectivity index (χ2n) is 3.24. The van der Waals surface area contributed by atoms with Crippen LogP contribution in [-0.4, -0.2) is 21.4 Å². The highest BCUT2D eigenvalue weighted by Gasteiger charge is 2.23. The van der Waals surface area contributed by atoms with Crippen LogP contribution in [0.4, 0.5) is 0 Å². The van der Waals surface area contributed by atoms with E-state index in [9.17, 15) is 0 Å². The molecule has 1 unspecified atom stereocenters.